The Bertz CT molecular complexity index is 394. The van der Waals surface area contributed by atoms with Crippen molar-refractivity contribution in [1.82, 2.24) is 5.32 Å². The summed E-state index contributed by atoms with van der Waals surface area (Å²) in [5, 5.41) is 11.5. The molecule has 3 nitrogen and oxygen atoms in total. The van der Waals surface area contributed by atoms with Crippen molar-refractivity contribution in [3.8, 4) is 6.07 Å². The van der Waals surface area contributed by atoms with Gasteiger partial charge in [-0.25, -0.2) is 0 Å². The maximum Gasteiger partial charge on any atom is 0.237 e. The van der Waals surface area contributed by atoms with Crippen LogP contribution in [0, 0.1) is 17.2 Å². The largest absolute Gasteiger partial charge is 0.353 e. The fourth-order valence-corrected chi connectivity index (χ4v) is 1.53. The lowest BCUT2D eigenvalue weighted by Gasteiger charge is -2.14. The quantitative estimate of drug-likeness (QED) is 0.843. The monoisotopic (exact) mass is 230 g/mol. The molecule has 0 radical (unpaired) electrons. The topological polar surface area (TPSA) is 52.9 Å². The van der Waals surface area contributed by atoms with Crippen LogP contribution in [-0.2, 0) is 11.2 Å². The van der Waals surface area contributed by atoms with Crippen molar-refractivity contribution in [3.63, 3.8) is 0 Å². The summed E-state index contributed by atoms with van der Waals surface area (Å²) in [7, 11) is 0. The number of hydrogen-bond acceptors (Lipinski definition) is 2. The minimum Gasteiger partial charge on any atom is -0.353 e. The maximum atomic E-state index is 11.5. The number of carbonyl (C=O) groups is 1. The molecule has 0 spiro atoms. The average Bonchev–Trinajstić information content (AvgIpc) is 2.36. The zero-order valence-electron chi connectivity index (χ0n) is 10.3. The Morgan fingerprint density at radius 1 is 1.35 bits per heavy atom. The summed E-state index contributed by atoms with van der Waals surface area (Å²) >= 11 is 0. The van der Waals surface area contributed by atoms with Crippen LogP contribution < -0.4 is 5.32 Å². The van der Waals surface area contributed by atoms with Crippen LogP contribution in [0.3, 0.4) is 0 Å². The van der Waals surface area contributed by atoms with Crippen molar-refractivity contribution in [2.45, 2.75) is 32.7 Å². The van der Waals surface area contributed by atoms with Crippen LogP contribution >= 0.6 is 0 Å². The normalized spacial score (nSPS) is 13.5. The van der Waals surface area contributed by atoms with Crippen LogP contribution in [0.25, 0.3) is 0 Å². The van der Waals surface area contributed by atoms with Gasteiger partial charge in [0.2, 0.25) is 5.91 Å². The molecule has 1 rings (SSSR count). The molecular formula is C14H18N2O. The van der Waals surface area contributed by atoms with Gasteiger partial charge in [0.1, 0.15) is 5.92 Å². The number of nitrogens with one attached hydrogen (secondary N) is 1. The molecule has 0 aromatic heterocycles. The molecular weight excluding hydrogens is 212 g/mol. The second-order valence-electron chi connectivity index (χ2n) is 4.28. The lowest BCUT2D eigenvalue weighted by molar-refractivity contribution is -0.123. The van der Waals surface area contributed by atoms with Crippen molar-refractivity contribution in [2.24, 2.45) is 5.92 Å². The third-order valence-electron chi connectivity index (χ3n) is 2.68. The minimum atomic E-state index is -0.575. The smallest absolute Gasteiger partial charge is 0.237 e. The molecule has 0 saturated heterocycles. The molecule has 1 N–H and O–H groups in total. The van der Waals surface area contributed by atoms with Gasteiger partial charge in [-0.05, 0) is 32.3 Å². The second-order valence-corrected chi connectivity index (χ2v) is 4.28. The molecule has 90 valence electrons. The van der Waals surface area contributed by atoms with Gasteiger partial charge in [-0.1, -0.05) is 30.3 Å². The molecule has 0 aliphatic heterocycles. The summed E-state index contributed by atoms with van der Waals surface area (Å²) in [4.78, 5) is 11.5. The first-order chi connectivity index (χ1) is 8.13. The standard InChI is InChI=1S/C14H18N2O/c1-11(10-15)14(17)16-12(2)8-9-13-6-4-3-5-7-13/h3-7,11-12H,8-9H2,1-2H3,(H,16,17). The Labute approximate surface area is 102 Å². The van der Waals surface area contributed by atoms with Gasteiger partial charge in [0.25, 0.3) is 0 Å². The lowest BCUT2D eigenvalue weighted by Crippen LogP contribution is -2.36. The Balaban J connectivity index is 2.34. The molecule has 1 aromatic carbocycles. The number of nitriles is 1. The van der Waals surface area contributed by atoms with Crippen LogP contribution in [-0.4, -0.2) is 11.9 Å². The summed E-state index contributed by atoms with van der Waals surface area (Å²) < 4.78 is 0. The van der Waals surface area contributed by atoms with E-state index in [0.717, 1.165) is 12.8 Å². The Hall–Kier alpha value is -1.82. The van der Waals surface area contributed by atoms with Crippen molar-refractivity contribution in [1.29, 1.82) is 5.26 Å². The van der Waals surface area contributed by atoms with Gasteiger partial charge < -0.3 is 5.32 Å². The van der Waals surface area contributed by atoms with E-state index in [-0.39, 0.29) is 11.9 Å². The van der Waals surface area contributed by atoms with Gasteiger partial charge in [-0.15, -0.1) is 0 Å². The van der Waals surface area contributed by atoms with Crippen LogP contribution in [0.2, 0.25) is 0 Å². The second kappa shape index (κ2) is 6.70. The molecule has 1 amide bonds. The fourth-order valence-electron chi connectivity index (χ4n) is 1.53. The van der Waals surface area contributed by atoms with Crippen LogP contribution in [0.15, 0.2) is 30.3 Å². The van der Waals surface area contributed by atoms with E-state index < -0.39 is 5.92 Å². The molecule has 0 fully saturated rings. The zero-order valence-corrected chi connectivity index (χ0v) is 10.3. The SMILES string of the molecule is CC(CCc1ccccc1)NC(=O)C(C)C#N. The molecule has 0 aliphatic carbocycles. The van der Waals surface area contributed by atoms with Gasteiger partial charge in [-0.2, -0.15) is 5.26 Å². The number of carbonyl (C=O) groups excluding carboxylic acids is 1. The van der Waals surface area contributed by atoms with E-state index >= 15 is 0 Å². The van der Waals surface area contributed by atoms with Crippen molar-refractivity contribution in [3.05, 3.63) is 35.9 Å². The van der Waals surface area contributed by atoms with E-state index in [4.69, 9.17) is 5.26 Å². The lowest BCUT2D eigenvalue weighted by atomic mass is 10.1. The third-order valence-corrected chi connectivity index (χ3v) is 2.68. The molecule has 2 unspecified atom stereocenters. The van der Waals surface area contributed by atoms with E-state index in [1.165, 1.54) is 5.56 Å². The zero-order chi connectivity index (χ0) is 12.7. The van der Waals surface area contributed by atoms with Crippen LogP contribution in [0.1, 0.15) is 25.8 Å². The highest BCUT2D eigenvalue weighted by Gasteiger charge is 2.13. The summed E-state index contributed by atoms with van der Waals surface area (Å²) in [5.41, 5.74) is 1.27. The maximum absolute atomic E-state index is 11.5. The number of amides is 1. The van der Waals surface area contributed by atoms with E-state index in [1.54, 1.807) is 6.92 Å². The van der Waals surface area contributed by atoms with E-state index in [0.29, 0.717) is 0 Å². The predicted molar refractivity (Wildman–Crippen MR) is 67.1 cm³/mol. The fraction of sp³-hybridized carbons (Fsp3) is 0.429. The number of hydrogen-bond donors (Lipinski definition) is 1. The Morgan fingerprint density at radius 3 is 2.59 bits per heavy atom. The van der Waals surface area contributed by atoms with Gasteiger partial charge in [0, 0.05) is 6.04 Å². The molecule has 0 bridgehead atoms. The van der Waals surface area contributed by atoms with Gasteiger partial charge in [0.15, 0.2) is 0 Å². The van der Waals surface area contributed by atoms with Gasteiger partial charge >= 0.3 is 0 Å². The molecule has 3 heteroatoms. The predicted octanol–water partition coefficient (Wildman–Crippen LogP) is 2.28. The highest BCUT2D eigenvalue weighted by Crippen LogP contribution is 2.05. The summed E-state index contributed by atoms with van der Waals surface area (Å²) in [6, 6.07) is 12.2. The number of aryl methyl sites for hydroxylation is 1. The van der Waals surface area contributed by atoms with Gasteiger partial charge in [0.05, 0.1) is 6.07 Å². The minimum absolute atomic E-state index is 0.0958. The third kappa shape index (κ3) is 4.69. The van der Waals surface area contributed by atoms with E-state index in [1.807, 2.05) is 31.2 Å². The van der Waals surface area contributed by atoms with E-state index in [2.05, 4.69) is 17.4 Å². The van der Waals surface area contributed by atoms with Crippen molar-refractivity contribution in [2.75, 3.05) is 0 Å². The summed E-state index contributed by atoms with van der Waals surface area (Å²) in [6.45, 7) is 3.57. The highest BCUT2D eigenvalue weighted by atomic mass is 16.1. The average molecular weight is 230 g/mol. The molecule has 0 saturated carbocycles. The number of benzene rings is 1. The highest BCUT2D eigenvalue weighted by molar-refractivity contribution is 5.80. The van der Waals surface area contributed by atoms with E-state index in [9.17, 15) is 4.79 Å². The van der Waals surface area contributed by atoms with Crippen molar-refractivity contribution >= 4 is 5.91 Å². The molecule has 1 aromatic rings. The summed E-state index contributed by atoms with van der Waals surface area (Å²) in [5.74, 6) is -0.762. The summed E-state index contributed by atoms with van der Waals surface area (Å²) in [6.07, 6.45) is 1.82. The molecule has 17 heavy (non-hydrogen) atoms. The Kier molecular flexibility index (Phi) is 5.22. The first-order valence-electron chi connectivity index (χ1n) is 5.87. The van der Waals surface area contributed by atoms with Gasteiger partial charge in [-0.3, -0.25) is 4.79 Å². The van der Waals surface area contributed by atoms with Crippen LogP contribution in [0.5, 0.6) is 0 Å². The number of nitrogens with zero attached hydrogens (tertiary/aromatic N) is 1. The first-order valence-corrected chi connectivity index (χ1v) is 5.87. The molecule has 0 heterocycles. The number of rotatable bonds is 5. The molecule has 0 aliphatic rings. The van der Waals surface area contributed by atoms with Crippen molar-refractivity contribution < 1.29 is 4.79 Å². The molecule has 2 atom stereocenters. The Morgan fingerprint density at radius 2 is 2.00 bits per heavy atom. The van der Waals surface area contributed by atoms with Crippen LogP contribution in [0.4, 0.5) is 0 Å². The first kappa shape index (κ1) is 13.2.